The summed E-state index contributed by atoms with van der Waals surface area (Å²) in [4.78, 5) is 13.5. The van der Waals surface area contributed by atoms with Gasteiger partial charge in [0, 0.05) is 5.41 Å². The minimum atomic E-state index is -0.218. The Morgan fingerprint density at radius 2 is 1.90 bits per heavy atom. The molecule has 0 radical (unpaired) electrons. The van der Waals surface area contributed by atoms with Crippen LogP contribution in [0, 0.1) is 13.8 Å². The number of rotatable bonds is 3. The van der Waals surface area contributed by atoms with E-state index < -0.39 is 0 Å². The Hall–Kier alpha value is -1.75. The number of hydrogen-bond acceptors (Lipinski definition) is 5. The normalized spacial score (nSPS) is 11.5. The highest BCUT2D eigenvalue weighted by Gasteiger charge is 2.29. The number of carbonyl (C=O) groups is 1. The van der Waals surface area contributed by atoms with Gasteiger partial charge < -0.3 is 4.74 Å². The fourth-order valence-electron chi connectivity index (χ4n) is 2.32. The van der Waals surface area contributed by atoms with Crippen LogP contribution in [0.5, 0.6) is 5.75 Å². The van der Waals surface area contributed by atoms with Crippen LogP contribution in [0.4, 0.5) is 0 Å². The van der Waals surface area contributed by atoms with Crippen LogP contribution in [0.1, 0.15) is 52.8 Å². The molecule has 1 aromatic heterocycles. The molecule has 2 aromatic rings. The van der Waals surface area contributed by atoms with E-state index >= 15 is 0 Å². The molecule has 0 saturated heterocycles. The van der Waals surface area contributed by atoms with Gasteiger partial charge in [0.05, 0.1) is 18.4 Å². The van der Waals surface area contributed by atoms with Crippen LogP contribution in [0.3, 0.4) is 0 Å². The predicted molar refractivity (Wildman–Crippen MR) is 84.5 cm³/mol. The van der Waals surface area contributed by atoms with Crippen molar-refractivity contribution in [1.82, 2.24) is 9.59 Å². The van der Waals surface area contributed by atoms with Crippen LogP contribution < -0.4 is 4.74 Å². The van der Waals surface area contributed by atoms with Crippen molar-refractivity contribution in [2.45, 2.75) is 40.0 Å². The number of ketones is 1. The van der Waals surface area contributed by atoms with Crippen molar-refractivity contribution in [3.8, 4) is 5.75 Å². The zero-order chi connectivity index (χ0) is 15.8. The first-order valence-corrected chi connectivity index (χ1v) is 7.55. The van der Waals surface area contributed by atoms with Gasteiger partial charge in [0.1, 0.15) is 10.6 Å². The highest BCUT2D eigenvalue weighted by molar-refractivity contribution is 7.08. The second kappa shape index (κ2) is 5.56. The van der Waals surface area contributed by atoms with E-state index in [1.807, 2.05) is 46.8 Å². The molecule has 0 aliphatic rings. The highest BCUT2D eigenvalue weighted by atomic mass is 32.1. The van der Waals surface area contributed by atoms with Crippen molar-refractivity contribution in [2.75, 3.05) is 7.11 Å². The smallest absolute Gasteiger partial charge is 0.210 e. The molecule has 0 amide bonds. The van der Waals surface area contributed by atoms with Crippen molar-refractivity contribution >= 4 is 17.3 Å². The standard InChI is InChI=1S/C16H20N2O2S/c1-9-7-10(2)12(11(8-9)20-6)13(19)14-15(16(3,4)5)17-18-21-14/h7-8H,1-6H3. The second-order valence-electron chi connectivity index (χ2n) is 6.19. The van der Waals surface area contributed by atoms with E-state index in [0.717, 1.165) is 28.4 Å². The van der Waals surface area contributed by atoms with E-state index in [2.05, 4.69) is 9.59 Å². The van der Waals surface area contributed by atoms with E-state index in [-0.39, 0.29) is 11.2 Å². The zero-order valence-electron chi connectivity index (χ0n) is 13.3. The lowest BCUT2D eigenvalue weighted by Crippen LogP contribution is -2.17. The minimum absolute atomic E-state index is 0.0655. The van der Waals surface area contributed by atoms with Crippen LogP contribution in [0.2, 0.25) is 0 Å². The van der Waals surface area contributed by atoms with Crippen molar-refractivity contribution in [3.05, 3.63) is 39.4 Å². The number of benzene rings is 1. The lowest BCUT2D eigenvalue weighted by Gasteiger charge is -2.17. The SMILES string of the molecule is COc1cc(C)cc(C)c1C(=O)c1snnc1C(C)(C)C. The number of nitrogens with zero attached hydrogens (tertiary/aromatic N) is 2. The average molecular weight is 304 g/mol. The number of ether oxygens (including phenoxy) is 1. The summed E-state index contributed by atoms with van der Waals surface area (Å²) >= 11 is 1.15. The molecule has 112 valence electrons. The van der Waals surface area contributed by atoms with Crippen LogP contribution in [0.25, 0.3) is 0 Å². The summed E-state index contributed by atoms with van der Waals surface area (Å²) in [6, 6.07) is 3.87. The van der Waals surface area contributed by atoms with Crippen molar-refractivity contribution < 1.29 is 9.53 Å². The molecule has 0 aliphatic heterocycles. The Morgan fingerprint density at radius 3 is 2.48 bits per heavy atom. The number of methoxy groups -OCH3 is 1. The van der Waals surface area contributed by atoms with Gasteiger partial charge in [-0.15, -0.1) is 5.10 Å². The summed E-state index contributed by atoms with van der Waals surface area (Å²) < 4.78 is 9.36. The quantitative estimate of drug-likeness (QED) is 0.811. The van der Waals surface area contributed by atoms with Gasteiger partial charge in [-0.3, -0.25) is 4.79 Å². The average Bonchev–Trinajstić information content (AvgIpc) is 2.86. The van der Waals surface area contributed by atoms with Crippen molar-refractivity contribution in [1.29, 1.82) is 0 Å². The molecule has 4 nitrogen and oxygen atoms in total. The Bertz CT molecular complexity index is 684. The van der Waals surface area contributed by atoms with Crippen LogP contribution >= 0.6 is 11.5 Å². The lowest BCUT2D eigenvalue weighted by atomic mass is 9.89. The monoisotopic (exact) mass is 304 g/mol. The maximum atomic E-state index is 12.9. The number of aryl methyl sites for hydroxylation is 2. The van der Waals surface area contributed by atoms with E-state index in [9.17, 15) is 4.79 Å². The minimum Gasteiger partial charge on any atom is -0.496 e. The number of carbonyl (C=O) groups excluding carboxylic acids is 1. The summed E-state index contributed by atoms with van der Waals surface area (Å²) in [5.41, 5.74) is 3.09. The molecule has 0 aliphatic carbocycles. The van der Waals surface area contributed by atoms with Gasteiger partial charge in [0.2, 0.25) is 5.78 Å². The number of aromatic nitrogens is 2. The molecule has 0 bridgehead atoms. The summed E-state index contributed by atoms with van der Waals surface area (Å²) in [6.07, 6.45) is 0. The van der Waals surface area contributed by atoms with Gasteiger partial charge in [-0.25, -0.2) is 0 Å². The Kier molecular flexibility index (Phi) is 4.14. The van der Waals surface area contributed by atoms with E-state index in [4.69, 9.17) is 4.74 Å². The fraction of sp³-hybridized carbons (Fsp3) is 0.438. The first-order valence-electron chi connectivity index (χ1n) is 6.78. The highest BCUT2D eigenvalue weighted by Crippen LogP contribution is 2.32. The van der Waals surface area contributed by atoms with Gasteiger partial charge in [-0.1, -0.05) is 31.3 Å². The third kappa shape index (κ3) is 2.97. The molecule has 0 unspecified atom stereocenters. The molecule has 0 saturated carbocycles. The van der Waals surface area contributed by atoms with E-state index in [1.165, 1.54) is 0 Å². The predicted octanol–water partition coefficient (Wildman–Crippen LogP) is 3.69. The largest absolute Gasteiger partial charge is 0.496 e. The van der Waals surface area contributed by atoms with Crippen LogP contribution in [-0.2, 0) is 5.41 Å². The van der Waals surface area contributed by atoms with Crippen molar-refractivity contribution in [3.63, 3.8) is 0 Å². The maximum Gasteiger partial charge on any atom is 0.210 e. The molecular weight excluding hydrogens is 284 g/mol. The molecule has 2 rings (SSSR count). The Morgan fingerprint density at radius 1 is 1.24 bits per heavy atom. The molecule has 5 heteroatoms. The third-order valence-corrected chi connectivity index (χ3v) is 4.02. The molecular formula is C16H20N2O2S. The van der Waals surface area contributed by atoms with Gasteiger partial charge in [-0.2, -0.15) is 0 Å². The first-order chi connectivity index (χ1) is 9.75. The van der Waals surface area contributed by atoms with Crippen molar-refractivity contribution in [2.24, 2.45) is 0 Å². The lowest BCUT2D eigenvalue weighted by molar-refractivity contribution is 0.103. The molecule has 21 heavy (non-hydrogen) atoms. The third-order valence-electron chi connectivity index (χ3n) is 3.30. The molecule has 0 fully saturated rings. The summed E-state index contributed by atoms with van der Waals surface area (Å²) in [7, 11) is 1.58. The van der Waals surface area contributed by atoms with Crippen LogP contribution in [-0.4, -0.2) is 22.5 Å². The fourth-order valence-corrected chi connectivity index (χ4v) is 3.15. The Labute approximate surface area is 129 Å². The van der Waals surface area contributed by atoms with Gasteiger partial charge >= 0.3 is 0 Å². The Balaban J connectivity index is 2.59. The molecule has 0 spiro atoms. The molecule has 0 N–H and O–H groups in total. The summed E-state index contributed by atoms with van der Waals surface area (Å²) in [5, 5.41) is 4.14. The maximum absolute atomic E-state index is 12.9. The van der Waals surface area contributed by atoms with E-state index in [0.29, 0.717) is 16.2 Å². The molecule has 1 aromatic carbocycles. The van der Waals surface area contributed by atoms with Gasteiger partial charge in [-0.05, 0) is 42.6 Å². The topological polar surface area (TPSA) is 52.1 Å². The zero-order valence-corrected chi connectivity index (χ0v) is 14.1. The molecule has 0 atom stereocenters. The van der Waals surface area contributed by atoms with Crippen LogP contribution in [0.15, 0.2) is 12.1 Å². The number of hydrogen-bond donors (Lipinski definition) is 0. The first kappa shape index (κ1) is 15.6. The summed E-state index contributed by atoms with van der Waals surface area (Å²) in [6.45, 7) is 9.99. The second-order valence-corrected chi connectivity index (χ2v) is 6.94. The van der Waals surface area contributed by atoms with Gasteiger partial charge in [0.25, 0.3) is 0 Å². The molecule has 1 heterocycles. The summed E-state index contributed by atoms with van der Waals surface area (Å²) in [5.74, 6) is 0.537. The van der Waals surface area contributed by atoms with Gasteiger partial charge in [0.15, 0.2) is 0 Å². The van der Waals surface area contributed by atoms with E-state index in [1.54, 1.807) is 7.11 Å².